The number of anilines is 1. The van der Waals surface area contributed by atoms with Crippen LogP contribution in [0.3, 0.4) is 0 Å². The second-order valence-electron chi connectivity index (χ2n) is 7.84. The van der Waals surface area contributed by atoms with E-state index in [-0.39, 0.29) is 22.6 Å². The number of nitrogens with zero attached hydrogens (tertiary/aromatic N) is 1. The molecule has 1 atom stereocenters. The highest BCUT2D eigenvalue weighted by Gasteiger charge is 2.47. The van der Waals surface area contributed by atoms with E-state index in [1.165, 1.54) is 38.5 Å². The van der Waals surface area contributed by atoms with Crippen molar-refractivity contribution in [3.05, 3.63) is 94.8 Å². The second kappa shape index (κ2) is 9.37. The van der Waals surface area contributed by atoms with E-state index in [0.717, 1.165) is 35.2 Å². The maximum absolute atomic E-state index is 14.0. The smallest absolute Gasteiger partial charge is 0.416 e. The molecular weight excluding hydrogens is 482 g/mol. The first-order valence-corrected chi connectivity index (χ1v) is 10.5. The lowest BCUT2D eigenvalue weighted by Gasteiger charge is -2.26. The van der Waals surface area contributed by atoms with Crippen molar-refractivity contribution < 1.29 is 41.7 Å². The third-order valence-corrected chi connectivity index (χ3v) is 5.72. The molecule has 0 radical (unpaired) electrons. The Kier molecular flexibility index (Phi) is 6.45. The van der Waals surface area contributed by atoms with Gasteiger partial charge in [-0.15, -0.1) is 0 Å². The molecule has 0 bridgehead atoms. The van der Waals surface area contributed by atoms with Gasteiger partial charge in [0.2, 0.25) is 0 Å². The first-order valence-electron chi connectivity index (χ1n) is 10.5. The van der Waals surface area contributed by atoms with Crippen LogP contribution in [0.5, 0.6) is 11.5 Å². The van der Waals surface area contributed by atoms with Crippen LogP contribution in [-0.2, 0) is 15.8 Å². The summed E-state index contributed by atoms with van der Waals surface area (Å²) < 4.78 is 64.7. The second-order valence-corrected chi connectivity index (χ2v) is 7.84. The number of Topliss-reactive ketones (excluding diaryl/α,β-unsaturated/α-hetero) is 1. The van der Waals surface area contributed by atoms with Crippen molar-refractivity contribution in [1.82, 2.24) is 0 Å². The zero-order valence-corrected chi connectivity index (χ0v) is 19.0. The van der Waals surface area contributed by atoms with Crippen molar-refractivity contribution in [2.45, 2.75) is 12.2 Å². The molecule has 0 saturated carbocycles. The van der Waals surface area contributed by atoms with Crippen molar-refractivity contribution in [1.29, 1.82) is 0 Å². The fourth-order valence-electron chi connectivity index (χ4n) is 4.07. The van der Waals surface area contributed by atoms with Gasteiger partial charge >= 0.3 is 6.18 Å². The van der Waals surface area contributed by atoms with Gasteiger partial charge in [0.05, 0.1) is 37.0 Å². The van der Waals surface area contributed by atoms with Crippen LogP contribution in [-0.4, -0.2) is 31.0 Å². The third-order valence-electron chi connectivity index (χ3n) is 5.72. The number of carbonyl (C=O) groups excluding carboxylic acids is 2. The molecule has 36 heavy (non-hydrogen) atoms. The number of halogens is 4. The average molecular weight is 501 g/mol. The number of aliphatic hydroxyl groups excluding tert-OH is 1. The van der Waals surface area contributed by atoms with Gasteiger partial charge in [0.1, 0.15) is 23.1 Å². The van der Waals surface area contributed by atoms with Crippen LogP contribution in [0.4, 0.5) is 23.2 Å². The molecule has 4 rings (SSSR count). The van der Waals surface area contributed by atoms with Crippen molar-refractivity contribution >= 4 is 23.1 Å². The van der Waals surface area contributed by atoms with E-state index in [1.54, 1.807) is 12.1 Å². The molecule has 1 unspecified atom stereocenters. The predicted octanol–water partition coefficient (Wildman–Crippen LogP) is 5.49. The Morgan fingerprint density at radius 1 is 0.944 bits per heavy atom. The van der Waals surface area contributed by atoms with E-state index in [9.17, 15) is 32.3 Å². The number of aliphatic hydroxyl groups is 1. The molecule has 1 aliphatic heterocycles. The van der Waals surface area contributed by atoms with Gasteiger partial charge in [0, 0.05) is 5.69 Å². The fraction of sp³-hybridized carbons (Fsp3) is 0.154. The number of hydrogen-bond donors (Lipinski definition) is 1. The molecule has 186 valence electrons. The number of amides is 1. The number of hydrogen-bond acceptors (Lipinski definition) is 5. The van der Waals surface area contributed by atoms with Crippen LogP contribution in [0.25, 0.3) is 5.76 Å². The van der Waals surface area contributed by atoms with Gasteiger partial charge in [0.15, 0.2) is 0 Å². The normalized spacial score (nSPS) is 17.4. The maximum Gasteiger partial charge on any atom is 0.416 e. The van der Waals surface area contributed by atoms with E-state index < -0.39 is 46.6 Å². The molecule has 1 amide bonds. The van der Waals surface area contributed by atoms with Gasteiger partial charge in [-0.05, 0) is 54.1 Å². The topological polar surface area (TPSA) is 76.1 Å². The summed E-state index contributed by atoms with van der Waals surface area (Å²) in [7, 11) is 2.66. The molecule has 1 N–H and O–H groups in total. The zero-order valence-electron chi connectivity index (χ0n) is 19.0. The summed E-state index contributed by atoms with van der Waals surface area (Å²) in [6.07, 6.45) is -4.70. The van der Waals surface area contributed by atoms with Crippen LogP contribution >= 0.6 is 0 Å². The Hall–Kier alpha value is -4.34. The monoisotopic (exact) mass is 501 g/mol. The number of carbonyl (C=O) groups is 2. The molecule has 6 nitrogen and oxygen atoms in total. The van der Waals surface area contributed by atoms with Gasteiger partial charge in [-0.3, -0.25) is 14.5 Å². The molecule has 10 heteroatoms. The summed E-state index contributed by atoms with van der Waals surface area (Å²) in [5.74, 6) is -3.47. The zero-order chi connectivity index (χ0) is 26.2. The first-order chi connectivity index (χ1) is 17.1. The lowest BCUT2D eigenvalue weighted by molar-refractivity contribution is -0.137. The summed E-state index contributed by atoms with van der Waals surface area (Å²) in [5, 5.41) is 11.2. The molecule has 0 spiro atoms. The minimum absolute atomic E-state index is 0.0172. The Morgan fingerprint density at radius 3 is 2.33 bits per heavy atom. The minimum atomic E-state index is -4.70. The SMILES string of the molecule is COc1cccc(C2/C(=C(\O)c3cc(F)ccc3OC)C(=O)C(=O)N2c2cccc(C(F)(F)F)c2)c1. The van der Waals surface area contributed by atoms with Gasteiger partial charge in [-0.1, -0.05) is 18.2 Å². The van der Waals surface area contributed by atoms with Crippen molar-refractivity contribution in [3.63, 3.8) is 0 Å². The number of methoxy groups -OCH3 is 2. The largest absolute Gasteiger partial charge is 0.507 e. The lowest BCUT2D eigenvalue weighted by atomic mass is 9.94. The van der Waals surface area contributed by atoms with Crippen LogP contribution in [0.15, 0.2) is 72.3 Å². The Bertz CT molecular complexity index is 1380. The standard InChI is InChI=1S/C26H19F4NO5/c1-35-18-8-3-5-14(11-18)22-21(23(32)19-13-16(27)9-10-20(19)36-2)24(33)25(34)31(22)17-7-4-6-15(12-17)26(28,29)30/h3-13,22,32H,1-2H3/b23-21+. The highest BCUT2D eigenvalue weighted by molar-refractivity contribution is 6.51. The Morgan fingerprint density at radius 2 is 1.67 bits per heavy atom. The van der Waals surface area contributed by atoms with Crippen LogP contribution in [0.2, 0.25) is 0 Å². The molecule has 1 saturated heterocycles. The maximum atomic E-state index is 14.0. The summed E-state index contributed by atoms with van der Waals surface area (Å²) >= 11 is 0. The predicted molar refractivity (Wildman–Crippen MR) is 122 cm³/mol. The van der Waals surface area contributed by atoms with Crippen molar-refractivity contribution in [2.24, 2.45) is 0 Å². The van der Waals surface area contributed by atoms with Crippen molar-refractivity contribution in [3.8, 4) is 11.5 Å². The van der Waals surface area contributed by atoms with Gasteiger partial charge in [-0.25, -0.2) is 4.39 Å². The molecule has 1 aliphatic rings. The van der Waals surface area contributed by atoms with Gasteiger partial charge in [-0.2, -0.15) is 13.2 Å². The van der Waals surface area contributed by atoms with E-state index in [2.05, 4.69) is 0 Å². The number of benzene rings is 3. The summed E-state index contributed by atoms with van der Waals surface area (Å²) in [4.78, 5) is 27.3. The average Bonchev–Trinajstić information content (AvgIpc) is 3.13. The van der Waals surface area contributed by atoms with E-state index in [0.29, 0.717) is 5.75 Å². The quantitative estimate of drug-likeness (QED) is 0.217. The minimum Gasteiger partial charge on any atom is -0.507 e. The van der Waals surface area contributed by atoms with E-state index >= 15 is 0 Å². The van der Waals surface area contributed by atoms with Gasteiger partial charge < -0.3 is 14.6 Å². The first kappa shape index (κ1) is 24.8. The summed E-state index contributed by atoms with van der Waals surface area (Å²) in [6.45, 7) is 0. The lowest BCUT2D eigenvalue weighted by Crippen LogP contribution is -2.29. The van der Waals surface area contributed by atoms with Crippen LogP contribution in [0, 0.1) is 5.82 Å². The third kappa shape index (κ3) is 4.37. The van der Waals surface area contributed by atoms with Gasteiger partial charge in [0.25, 0.3) is 11.7 Å². The van der Waals surface area contributed by atoms with E-state index in [1.807, 2.05) is 0 Å². The summed E-state index contributed by atoms with van der Waals surface area (Å²) in [6, 6.07) is 12.0. The molecule has 1 heterocycles. The molecule has 0 aliphatic carbocycles. The molecule has 0 aromatic heterocycles. The number of alkyl halides is 3. The Balaban J connectivity index is 2.00. The highest BCUT2D eigenvalue weighted by atomic mass is 19.4. The number of rotatable bonds is 5. The van der Waals surface area contributed by atoms with Crippen LogP contribution < -0.4 is 14.4 Å². The fourth-order valence-corrected chi connectivity index (χ4v) is 4.07. The van der Waals surface area contributed by atoms with Crippen molar-refractivity contribution in [2.75, 3.05) is 19.1 Å². The van der Waals surface area contributed by atoms with E-state index in [4.69, 9.17) is 9.47 Å². The molecule has 1 fully saturated rings. The summed E-state index contributed by atoms with van der Waals surface area (Å²) in [5.41, 5.74) is -1.63. The molecule has 3 aromatic carbocycles. The number of ether oxygens (including phenoxy) is 2. The number of ketones is 1. The molecular formula is C26H19F4NO5. The van der Waals surface area contributed by atoms with Crippen LogP contribution in [0.1, 0.15) is 22.7 Å². The molecule has 3 aromatic rings. The Labute approximate surface area is 203 Å². The highest BCUT2D eigenvalue weighted by Crippen LogP contribution is 2.44.